The Labute approximate surface area is 101 Å². The third-order valence-corrected chi connectivity index (χ3v) is 2.48. The molecule has 1 rings (SSSR count). The molecule has 4 nitrogen and oxygen atoms in total. The quantitative estimate of drug-likeness (QED) is 0.771. The molecule has 1 amide bonds. The van der Waals surface area contributed by atoms with E-state index < -0.39 is 5.95 Å². The maximum atomic E-state index is 12.8. The third kappa shape index (κ3) is 4.38. The van der Waals surface area contributed by atoms with Crippen LogP contribution < -0.4 is 5.32 Å². The minimum atomic E-state index is -0.523. The Morgan fingerprint density at radius 3 is 2.71 bits per heavy atom. The van der Waals surface area contributed by atoms with Crippen molar-refractivity contribution >= 4 is 11.7 Å². The highest BCUT2D eigenvalue weighted by molar-refractivity contribution is 5.76. The summed E-state index contributed by atoms with van der Waals surface area (Å²) in [5, 5.41) is 2.92. The van der Waals surface area contributed by atoms with Gasteiger partial charge >= 0.3 is 0 Å². The fourth-order valence-electron chi connectivity index (χ4n) is 1.54. The molecule has 1 aromatic heterocycles. The number of pyridine rings is 1. The third-order valence-electron chi connectivity index (χ3n) is 2.48. The van der Waals surface area contributed by atoms with E-state index in [2.05, 4.69) is 10.3 Å². The van der Waals surface area contributed by atoms with Crippen LogP contribution in [0.4, 0.5) is 10.2 Å². The summed E-state index contributed by atoms with van der Waals surface area (Å²) >= 11 is 0. The lowest BCUT2D eigenvalue weighted by Gasteiger charge is -2.18. The Balaban J connectivity index is 2.35. The van der Waals surface area contributed by atoms with Gasteiger partial charge in [0.2, 0.25) is 11.9 Å². The van der Waals surface area contributed by atoms with Gasteiger partial charge in [0.1, 0.15) is 5.82 Å². The van der Waals surface area contributed by atoms with Crippen LogP contribution in [-0.2, 0) is 4.79 Å². The first kappa shape index (κ1) is 13.4. The van der Waals surface area contributed by atoms with Crippen molar-refractivity contribution in [3.05, 3.63) is 24.1 Å². The van der Waals surface area contributed by atoms with E-state index in [0.29, 0.717) is 31.9 Å². The maximum absolute atomic E-state index is 12.8. The van der Waals surface area contributed by atoms with Crippen molar-refractivity contribution in [2.45, 2.75) is 20.3 Å². The van der Waals surface area contributed by atoms with Crippen LogP contribution in [0, 0.1) is 5.95 Å². The van der Waals surface area contributed by atoms with Gasteiger partial charge in [0.15, 0.2) is 0 Å². The zero-order valence-electron chi connectivity index (χ0n) is 10.2. The number of hydrogen-bond acceptors (Lipinski definition) is 3. The molecule has 0 bridgehead atoms. The van der Waals surface area contributed by atoms with Crippen LogP contribution >= 0.6 is 0 Å². The summed E-state index contributed by atoms with van der Waals surface area (Å²) in [5.74, 6) is 0.0290. The first-order valence-corrected chi connectivity index (χ1v) is 5.81. The van der Waals surface area contributed by atoms with E-state index in [1.807, 2.05) is 13.8 Å². The van der Waals surface area contributed by atoms with E-state index >= 15 is 0 Å². The van der Waals surface area contributed by atoms with Crippen molar-refractivity contribution < 1.29 is 9.18 Å². The number of carbonyl (C=O) groups excluding carboxylic acids is 1. The van der Waals surface area contributed by atoms with Gasteiger partial charge in [-0.25, -0.2) is 4.98 Å². The monoisotopic (exact) mass is 239 g/mol. The van der Waals surface area contributed by atoms with Crippen molar-refractivity contribution in [3.8, 4) is 0 Å². The predicted octanol–water partition coefficient (Wildman–Crippen LogP) is 1.89. The van der Waals surface area contributed by atoms with Crippen LogP contribution in [0.25, 0.3) is 0 Å². The molecule has 94 valence electrons. The number of amides is 1. The van der Waals surface area contributed by atoms with Gasteiger partial charge in [0, 0.05) is 26.1 Å². The van der Waals surface area contributed by atoms with Crippen molar-refractivity contribution in [2.75, 3.05) is 25.0 Å². The number of anilines is 1. The zero-order valence-corrected chi connectivity index (χ0v) is 10.2. The van der Waals surface area contributed by atoms with Crippen LogP contribution in [0.3, 0.4) is 0 Å². The molecular formula is C12H18FN3O. The normalized spacial score (nSPS) is 10.1. The summed E-state index contributed by atoms with van der Waals surface area (Å²) in [7, 11) is 0. The summed E-state index contributed by atoms with van der Waals surface area (Å²) in [4.78, 5) is 17.1. The number of halogens is 1. The number of hydrogen-bond donors (Lipinski definition) is 1. The fraction of sp³-hybridized carbons (Fsp3) is 0.500. The lowest BCUT2D eigenvalue weighted by molar-refractivity contribution is -0.130. The smallest absolute Gasteiger partial charge is 0.224 e. The largest absolute Gasteiger partial charge is 0.369 e. The predicted molar refractivity (Wildman–Crippen MR) is 65.2 cm³/mol. The van der Waals surface area contributed by atoms with Gasteiger partial charge in [-0.05, 0) is 26.0 Å². The van der Waals surface area contributed by atoms with Crippen LogP contribution in [0.1, 0.15) is 20.3 Å². The molecule has 0 aliphatic heterocycles. The number of nitrogens with one attached hydrogen (secondary N) is 1. The lowest BCUT2D eigenvalue weighted by atomic mass is 10.3. The number of rotatable bonds is 6. The molecule has 1 heterocycles. The molecule has 0 radical (unpaired) electrons. The Hall–Kier alpha value is -1.65. The van der Waals surface area contributed by atoms with Crippen molar-refractivity contribution in [3.63, 3.8) is 0 Å². The number of aromatic nitrogens is 1. The zero-order chi connectivity index (χ0) is 12.7. The fourth-order valence-corrected chi connectivity index (χ4v) is 1.54. The second-order valence-corrected chi connectivity index (χ2v) is 3.59. The highest BCUT2D eigenvalue weighted by atomic mass is 19.1. The van der Waals surface area contributed by atoms with Crippen LogP contribution in [0.5, 0.6) is 0 Å². The lowest BCUT2D eigenvalue weighted by Crippen LogP contribution is -2.31. The molecule has 0 unspecified atom stereocenters. The molecule has 1 aromatic rings. The highest BCUT2D eigenvalue weighted by Gasteiger charge is 2.08. The molecule has 0 atom stereocenters. The molecule has 0 saturated carbocycles. The molecular weight excluding hydrogens is 221 g/mol. The minimum absolute atomic E-state index is 0.0962. The molecule has 0 aliphatic rings. The average molecular weight is 239 g/mol. The Kier molecular flexibility index (Phi) is 5.39. The molecule has 0 spiro atoms. The van der Waals surface area contributed by atoms with Gasteiger partial charge in [-0.2, -0.15) is 4.39 Å². The summed E-state index contributed by atoms with van der Waals surface area (Å²) in [6, 6.07) is 4.54. The van der Waals surface area contributed by atoms with Gasteiger partial charge < -0.3 is 10.2 Å². The van der Waals surface area contributed by atoms with Gasteiger partial charge in [-0.3, -0.25) is 4.79 Å². The molecule has 1 N–H and O–H groups in total. The first-order chi connectivity index (χ1) is 8.17. The van der Waals surface area contributed by atoms with E-state index in [-0.39, 0.29) is 5.91 Å². The van der Waals surface area contributed by atoms with Crippen molar-refractivity contribution in [1.29, 1.82) is 0 Å². The van der Waals surface area contributed by atoms with Crippen molar-refractivity contribution in [2.24, 2.45) is 0 Å². The van der Waals surface area contributed by atoms with E-state index in [1.54, 1.807) is 17.0 Å². The Morgan fingerprint density at radius 1 is 1.41 bits per heavy atom. The average Bonchev–Trinajstić information content (AvgIpc) is 2.30. The van der Waals surface area contributed by atoms with Gasteiger partial charge in [0.05, 0.1) is 0 Å². The first-order valence-electron chi connectivity index (χ1n) is 5.81. The van der Waals surface area contributed by atoms with Crippen LogP contribution in [0.15, 0.2) is 18.2 Å². The molecule has 0 fully saturated rings. The molecule has 0 saturated heterocycles. The second-order valence-electron chi connectivity index (χ2n) is 3.59. The molecule has 17 heavy (non-hydrogen) atoms. The molecule has 0 aromatic carbocycles. The summed E-state index contributed by atoms with van der Waals surface area (Å²) in [5.41, 5.74) is 0. The van der Waals surface area contributed by atoms with E-state index in [9.17, 15) is 9.18 Å². The Bertz CT molecular complexity index is 367. The second kappa shape index (κ2) is 6.83. The maximum Gasteiger partial charge on any atom is 0.224 e. The summed E-state index contributed by atoms with van der Waals surface area (Å²) in [6.45, 7) is 5.79. The Morgan fingerprint density at radius 2 is 2.12 bits per heavy atom. The number of nitrogens with zero attached hydrogens (tertiary/aromatic N) is 2. The number of carbonyl (C=O) groups is 1. The van der Waals surface area contributed by atoms with E-state index in [4.69, 9.17) is 0 Å². The van der Waals surface area contributed by atoms with Crippen LogP contribution in [0.2, 0.25) is 0 Å². The SMILES string of the molecule is CCN(CC)C(=O)CCNc1cccc(F)n1. The standard InChI is InChI=1S/C12H18FN3O/c1-3-16(4-2)12(17)8-9-14-11-7-5-6-10(13)15-11/h5-7H,3-4,8-9H2,1-2H3,(H,14,15). The summed E-state index contributed by atoms with van der Waals surface area (Å²) < 4.78 is 12.8. The summed E-state index contributed by atoms with van der Waals surface area (Å²) in [6.07, 6.45) is 0.389. The molecule has 0 aliphatic carbocycles. The molecule has 5 heteroatoms. The minimum Gasteiger partial charge on any atom is -0.369 e. The topological polar surface area (TPSA) is 45.2 Å². The van der Waals surface area contributed by atoms with E-state index in [0.717, 1.165) is 0 Å². The highest BCUT2D eigenvalue weighted by Crippen LogP contribution is 2.03. The van der Waals surface area contributed by atoms with Gasteiger partial charge in [0.25, 0.3) is 0 Å². The van der Waals surface area contributed by atoms with Crippen molar-refractivity contribution in [1.82, 2.24) is 9.88 Å². The van der Waals surface area contributed by atoms with Crippen LogP contribution in [-0.4, -0.2) is 35.4 Å². The van der Waals surface area contributed by atoms with Gasteiger partial charge in [-0.1, -0.05) is 6.07 Å². The van der Waals surface area contributed by atoms with Gasteiger partial charge in [-0.15, -0.1) is 0 Å². The van der Waals surface area contributed by atoms with E-state index in [1.165, 1.54) is 6.07 Å².